The highest BCUT2D eigenvalue weighted by molar-refractivity contribution is 5.60. The summed E-state index contributed by atoms with van der Waals surface area (Å²) in [4.78, 5) is 4.62. The first-order valence-electron chi connectivity index (χ1n) is 7.15. The number of nitrogen functional groups attached to an aromatic ring is 1. The lowest BCUT2D eigenvalue weighted by atomic mass is 10.1. The van der Waals surface area contributed by atoms with Crippen LogP contribution in [0.1, 0.15) is 19.4 Å². The number of nitrogens with one attached hydrogen (secondary N) is 1. The smallest absolute Gasteiger partial charge is 0.0414 e. The Balaban J connectivity index is 0.000000861. The second-order valence-corrected chi connectivity index (χ2v) is 4.86. The van der Waals surface area contributed by atoms with Gasteiger partial charge in [-0.3, -0.25) is 0 Å². The van der Waals surface area contributed by atoms with Gasteiger partial charge in [0.25, 0.3) is 0 Å². The van der Waals surface area contributed by atoms with Crippen molar-refractivity contribution >= 4 is 11.4 Å². The summed E-state index contributed by atoms with van der Waals surface area (Å²) in [5.41, 5.74) is 9.38. The Morgan fingerprint density at radius 2 is 1.84 bits per heavy atom. The second kappa shape index (κ2) is 8.02. The van der Waals surface area contributed by atoms with E-state index in [-0.39, 0.29) is 0 Å². The molecule has 1 fully saturated rings. The molecule has 0 spiro atoms. The number of rotatable bonds is 3. The molecule has 4 heteroatoms. The van der Waals surface area contributed by atoms with E-state index in [0.717, 1.165) is 38.4 Å². The van der Waals surface area contributed by atoms with Crippen LogP contribution in [0.5, 0.6) is 0 Å². The maximum Gasteiger partial charge on any atom is 0.0414 e. The standard InChI is InChI=1S/C13H22N4.C2H6/c1-16(2)10-11-9-12(14)3-4-13(11)17-7-5-15-6-8-17;1-2/h3-4,9,15H,5-8,10,14H2,1-2H3;1-2H3. The summed E-state index contributed by atoms with van der Waals surface area (Å²) in [6, 6.07) is 6.24. The molecule has 1 aromatic carbocycles. The van der Waals surface area contributed by atoms with E-state index in [1.165, 1.54) is 11.3 Å². The van der Waals surface area contributed by atoms with Gasteiger partial charge in [0.05, 0.1) is 0 Å². The predicted molar refractivity (Wildman–Crippen MR) is 84.7 cm³/mol. The van der Waals surface area contributed by atoms with Gasteiger partial charge in [-0.05, 0) is 37.9 Å². The number of hydrogen-bond donors (Lipinski definition) is 2. The summed E-state index contributed by atoms with van der Waals surface area (Å²) in [7, 11) is 4.18. The highest BCUT2D eigenvalue weighted by Crippen LogP contribution is 2.24. The molecule has 0 aliphatic carbocycles. The monoisotopic (exact) mass is 264 g/mol. The van der Waals surface area contributed by atoms with Gasteiger partial charge in [-0.25, -0.2) is 0 Å². The summed E-state index contributed by atoms with van der Waals surface area (Å²) in [5, 5.41) is 3.38. The minimum atomic E-state index is 0.848. The zero-order valence-electron chi connectivity index (χ0n) is 12.7. The highest BCUT2D eigenvalue weighted by Gasteiger charge is 2.14. The molecule has 19 heavy (non-hydrogen) atoms. The van der Waals surface area contributed by atoms with Gasteiger partial charge in [0.2, 0.25) is 0 Å². The first-order valence-corrected chi connectivity index (χ1v) is 7.15. The third-order valence-electron chi connectivity index (χ3n) is 3.05. The summed E-state index contributed by atoms with van der Waals surface area (Å²) in [6.07, 6.45) is 0. The fourth-order valence-electron chi connectivity index (χ4n) is 2.29. The molecule has 0 aromatic heterocycles. The number of nitrogens with two attached hydrogens (primary N) is 1. The molecule has 1 saturated heterocycles. The lowest BCUT2D eigenvalue weighted by molar-refractivity contribution is 0.402. The Morgan fingerprint density at radius 1 is 1.21 bits per heavy atom. The van der Waals surface area contributed by atoms with Gasteiger partial charge >= 0.3 is 0 Å². The first-order chi connectivity index (χ1) is 9.16. The molecular formula is C15H28N4. The minimum absolute atomic E-state index is 0.848. The van der Waals surface area contributed by atoms with E-state index >= 15 is 0 Å². The SMILES string of the molecule is CC.CN(C)Cc1cc(N)ccc1N1CCNCC1. The van der Waals surface area contributed by atoms with Gasteiger partial charge < -0.3 is 20.9 Å². The number of anilines is 2. The molecule has 1 aliphatic rings. The van der Waals surface area contributed by atoms with Crippen LogP contribution >= 0.6 is 0 Å². The Bertz CT molecular complexity index is 370. The molecule has 0 radical (unpaired) electrons. The zero-order valence-corrected chi connectivity index (χ0v) is 12.7. The Kier molecular flexibility index (Phi) is 6.67. The Labute approximate surface area is 117 Å². The normalized spacial score (nSPS) is 15.1. The van der Waals surface area contributed by atoms with Crippen LogP contribution in [0.25, 0.3) is 0 Å². The molecule has 0 saturated carbocycles. The van der Waals surface area contributed by atoms with Crippen molar-refractivity contribution in [2.24, 2.45) is 0 Å². The van der Waals surface area contributed by atoms with Gasteiger partial charge in [-0.15, -0.1) is 0 Å². The van der Waals surface area contributed by atoms with Crippen molar-refractivity contribution in [3.8, 4) is 0 Å². The third kappa shape index (κ3) is 4.73. The molecule has 0 atom stereocenters. The lowest BCUT2D eigenvalue weighted by Gasteiger charge is -2.31. The molecule has 0 unspecified atom stereocenters. The van der Waals surface area contributed by atoms with E-state index in [4.69, 9.17) is 5.73 Å². The van der Waals surface area contributed by atoms with Crippen LogP contribution in [0, 0.1) is 0 Å². The van der Waals surface area contributed by atoms with Crippen LogP contribution < -0.4 is 16.0 Å². The lowest BCUT2D eigenvalue weighted by Crippen LogP contribution is -2.44. The van der Waals surface area contributed by atoms with Crippen molar-refractivity contribution in [3.05, 3.63) is 23.8 Å². The van der Waals surface area contributed by atoms with Crippen molar-refractivity contribution in [1.29, 1.82) is 0 Å². The molecule has 1 aromatic rings. The second-order valence-electron chi connectivity index (χ2n) is 4.86. The molecule has 0 amide bonds. The van der Waals surface area contributed by atoms with Crippen LogP contribution in [0.2, 0.25) is 0 Å². The van der Waals surface area contributed by atoms with Crippen molar-refractivity contribution < 1.29 is 0 Å². The molecule has 4 nitrogen and oxygen atoms in total. The molecule has 2 rings (SSSR count). The van der Waals surface area contributed by atoms with Crippen LogP contribution in [-0.4, -0.2) is 45.2 Å². The van der Waals surface area contributed by atoms with Gasteiger partial charge in [-0.2, -0.15) is 0 Å². The van der Waals surface area contributed by atoms with Crippen molar-refractivity contribution in [2.75, 3.05) is 50.9 Å². The summed E-state index contributed by atoms with van der Waals surface area (Å²) < 4.78 is 0. The quantitative estimate of drug-likeness (QED) is 0.817. The van der Waals surface area contributed by atoms with Crippen molar-refractivity contribution in [2.45, 2.75) is 20.4 Å². The van der Waals surface area contributed by atoms with E-state index in [9.17, 15) is 0 Å². The van der Waals surface area contributed by atoms with Gasteiger partial charge in [0, 0.05) is 44.1 Å². The maximum atomic E-state index is 5.88. The van der Waals surface area contributed by atoms with Crippen LogP contribution in [0.15, 0.2) is 18.2 Å². The number of hydrogen-bond acceptors (Lipinski definition) is 4. The third-order valence-corrected chi connectivity index (χ3v) is 3.05. The van der Waals surface area contributed by atoms with Crippen LogP contribution in [0.4, 0.5) is 11.4 Å². The van der Waals surface area contributed by atoms with Gasteiger partial charge in [0.15, 0.2) is 0 Å². The largest absolute Gasteiger partial charge is 0.399 e. The molecule has 108 valence electrons. The van der Waals surface area contributed by atoms with E-state index in [2.05, 4.69) is 41.3 Å². The van der Waals surface area contributed by atoms with Crippen LogP contribution in [0.3, 0.4) is 0 Å². The molecular weight excluding hydrogens is 236 g/mol. The summed E-state index contributed by atoms with van der Waals surface area (Å²) >= 11 is 0. The number of nitrogens with zero attached hydrogens (tertiary/aromatic N) is 2. The number of benzene rings is 1. The van der Waals surface area contributed by atoms with Crippen molar-refractivity contribution in [1.82, 2.24) is 10.2 Å². The molecule has 0 bridgehead atoms. The minimum Gasteiger partial charge on any atom is -0.399 e. The van der Waals surface area contributed by atoms with Gasteiger partial charge in [-0.1, -0.05) is 13.8 Å². The molecule has 1 aliphatic heterocycles. The average Bonchev–Trinajstić information content (AvgIpc) is 2.41. The van der Waals surface area contributed by atoms with Gasteiger partial charge in [0.1, 0.15) is 0 Å². The maximum absolute atomic E-state index is 5.88. The highest BCUT2D eigenvalue weighted by atomic mass is 15.2. The van der Waals surface area contributed by atoms with Crippen molar-refractivity contribution in [3.63, 3.8) is 0 Å². The molecule has 3 N–H and O–H groups in total. The summed E-state index contributed by atoms with van der Waals surface area (Å²) in [6.45, 7) is 9.20. The summed E-state index contributed by atoms with van der Waals surface area (Å²) in [5.74, 6) is 0. The van der Waals surface area contributed by atoms with E-state index in [1.807, 2.05) is 19.9 Å². The van der Waals surface area contributed by atoms with E-state index in [1.54, 1.807) is 0 Å². The Morgan fingerprint density at radius 3 is 2.42 bits per heavy atom. The van der Waals surface area contributed by atoms with Crippen LogP contribution in [-0.2, 0) is 6.54 Å². The average molecular weight is 264 g/mol. The number of piperazine rings is 1. The fourth-order valence-corrected chi connectivity index (χ4v) is 2.29. The fraction of sp³-hybridized carbons (Fsp3) is 0.600. The topological polar surface area (TPSA) is 44.5 Å². The Hall–Kier alpha value is -1.26. The molecule has 1 heterocycles. The van der Waals surface area contributed by atoms with E-state index < -0.39 is 0 Å². The first kappa shape index (κ1) is 15.8. The predicted octanol–water partition coefficient (Wildman–Crippen LogP) is 1.77. The van der Waals surface area contributed by atoms with E-state index in [0.29, 0.717) is 0 Å². The zero-order chi connectivity index (χ0) is 14.3.